The Kier molecular flexibility index (Phi) is 8.90. The highest BCUT2D eigenvalue weighted by molar-refractivity contribution is 7.90. The van der Waals surface area contributed by atoms with Gasteiger partial charge in [0.25, 0.3) is 15.9 Å². The van der Waals surface area contributed by atoms with Crippen molar-refractivity contribution < 1.29 is 22.8 Å². The van der Waals surface area contributed by atoms with Crippen molar-refractivity contribution in [2.24, 2.45) is 5.92 Å². The van der Waals surface area contributed by atoms with Crippen molar-refractivity contribution in [1.29, 1.82) is 0 Å². The second kappa shape index (κ2) is 12.5. The minimum atomic E-state index is -4.23. The first-order valence-electron chi connectivity index (χ1n) is 12.9. The Morgan fingerprint density at radius 3 is 2.15 bits per heavy atom. The predicted octanol–water partition coefficient (Wildman–Crippen LogP) is 4.02. The molecule has 0 spiro atoms. The van der Waals surface area contributed by atoms with Crippen LogP contribution in [0.15, 0.2) is 96.2 Å². The third kappa shape index (κ3) is 6.70. The first-order valence-corrected chi connectivity index (χ1v) is 14.3. The molecule has 4 aromatic rings. The molecule has 3 aromatic carbocycles. The summed E-state index contributed by atoms with van der Waals surface area (Å²) in [6, 6.07) is 21.8. The van der Waals surface area contributed by atoms with E-state index in [9.17, 15) is 22.8 Å². The number of nitrogens with zero attached hydrogens (tertiary/aromatic N) is 2. The summed E-state index contributed by atoms with van der Waals surface area (Å²) in [4.78, 5) is 44.4. The van der Waals surface area contributed by atoms with Crippen molar-refractivity contribution in [2.75, 3.05) is 18.4 Å². The van der Waals surface area contributed by atoms with Crippen molar-refractivity contribution in [3.63, 3.8) is 0 Å². The van der Waals surface area contributed by atoms with Crippen molar-refractivity contribution in [2.45, 2.75) is 25.2 Å². The first kappa shape index (κ1) is 28.4. The van der Waals surface area contributed by atoms with Crippen LogP contribution in [0.3, 0.4) is 0 Å². The average Bonchev–Trinajstić information content (AvgIpc) is 2.97. The van der Waals surface area contributed by atoms with Gasteiger partial charge in [0.15, 0.2) is 0 Å². The zero-order valence-electron chi connectivity index (χ0n) is 22.2. The van der Waals surface area contributed by atoms with Gasteiger partial charge in [0.2, 0.25) is 11.8 Å². The number of benzene rings is 3. The maximum absolute atomic E-state index is 13.3. The monoisotopic (exact) mass is 558 g/mol. The molecule has 1 atom stereocenters. The Hall–Kier alpha value is -4.57. The number of nitrogens with one attached hydrogen (secondary N) is 2. The number of anilines is 1. The van der Waals surface area contributed by atoms with Crippen LogP contribution in [0.5, 0.6) is 0 Å². The number of pyridine rings is 1. The third-order valence-corrected chi connectivity index (χ3v) is 7.89. The number of amides is 3. The number of sulfonamides is 1. The quantitative estimate of drug-likeness (QED) is 0.283. The van der Waals surface area contributed by atoms with Gasteiger partial charge in [-0.2, -0.15) is 0 Å². The summed E-state index contributed by atoms with van der Waals surface area (Å²) in [5, 5.41) is 4.36. The van der Waals surface area contributed by atoms with E-state index < -0.39 is 27.8 Å². The summed E-state index contributed by atoms with van der Waals surface area (Å²) in [5.41, 5.74) is 1.61. The van der Waals surface area contributed by atoms with Gasteiger partial charge in [-0.3, -0.25) is 19.4 Å². The number of rotatable bonds is 10. The van der Waals surface area contributed by atoms with E-state index in [1.807, 2.05) is 12.1 Å². The molecular weight excluding hydrogens is 528 g/mol. The lowest BCUT2D eigenvalue weighted by atomic mass is 9.97. The molecule has 1 aromatic heterocycles. The lowest BCUT2D eigenvalue weighted by molar-refractivity contribution is -0.141. The van der Waals surface area contributed by atoms with Gasteiger partial charge in [-0.05, 0) is 73.0 Å². The SMILES string of the molecule is CCN(CC)C(=O)C(Cc1ccc(NC(=O)c2ccncc2)cc1)C(=O)NS(=O)(=O)c1ccc2ccccc2c1. The van der Waals surface area contributed by atoms with E-state index in [1.54, 1.807) is 68.4 Å². The number of hydrogen-bond donors (Lipinski definition) is 2. The van der Waals surface area contributed by atoms with E-state index in [2.05, 4.69) is 15.0 Å². The molecule has 40 heavy (non-hydrogen) atoms. The van der Waals surface area contributed by atoms with Crippen LogP contribution in [0, 0.1) is 5.92 Å². The Morgan fingerprint density at radius 1 is 0.850 bits per heavy atom. The predicted molar refractivity (Wildman–Crippen MR) is 153 cm³/mol. The highest BCUT2D eigenvalue weighted by Gasteiger charge is 2.33. The van der Waals surface area contributed by atoms with Crippen molar-refractivity contribution >= 4 is 44.2 Å². The summed E-state index contributed by atoms with van der Waals surface area (Å²) in [6.45, 7) is 4.33. The molecule has 0 saturated heterocycles. The number of fused-ring (bicyclic) bond motifs is 1. The zero-order chi connectivity index (χ0) is 28.7. The first-order chi connectivity index (χ1) is 19.2. The standard InChI is InChI=1S/C30H30N4O5S/c1-3-34(4-2)30(37)27(19-21-9-12-25(13-10-21)32-28(35)23-15-17-31-18-16-23)29(36)33-40(38,39)26-14-11-22-7-5-6-8-24(22)20-26/h5-18,20,27H,3-4,19H2,1-2H3,(H,32,35)(H,33,36). The number of hydrogen-bond acceptors (Lipinski definition) is 6. The molecular formula is C30H30N4O5S. The third-order valence-electron chi connectivity index (χ3n) is 6.55. The van der Waals surface area contributed by atoms with Crippen molar-refractivity contribution in [3.05, 3.63) is 102 Å². The van der Waals surface area contributed by atoms with Crippen LogP contribution < -0.4 is 10.0 Å². The largest absolute Gasteiger partial charge is 0.343 e. The fourth-order valence-electron chi connectivity index (χ4n) is 4.31. The molecule has 0 aliphatic heterocycles. The molecule has 206 valence electrons. The fraction of sp³-hybridized carbons (Fsp3) is 0.200. The minimum Gasteiger partial charge on any atom is -0.343 e. The average molecular weight is 559 g/mol. The summed E-state index contributed by atoms with van der Waals surface area (Å²) in [7, 11) is -4.23. The summed E-state index contributed by atoms with van der Waals surface area (Å²) in [6.07, 6.45) is 3.03. The van der Waals surface area contributed by atoms with Gasteiger partial charge >= 0.3 is 0 Å². The maximum Gasteiger partial charge on any atom is 0.264 e. The molecule has 1 heterocycles. The second-order valence-corrected chi connectivity index (χ2v) is 10.8. The molecule has 10 heteroatoms. The Morgan fingerprint density at radius 2 is 1.50 bits per heavy atom. The van der Waals surface area contributed by atoms with Crippen LogP contribution >= 0.6 is 0 Å². The van der Waals surface area contributed by atoms with Gasteiger partial charge < -0.3 is 10.2 Å². The van der Waals surface area contributed by atoms with Crippen LogP contribution in [0.2, 0.25) is 0 Å². The Labute approximate surface area is 233 Å². The van der Waals surface area contributed by atoms with Crippen LogP contribution in [-0.2, 0) is 26.0 Å². The van der Waals surface area contributed by atoms with E-state index in [-0.39, 0.29) is 17.2 Å². The molecule has 0 fully saturated rings. The van der Waals surface area contributed by atoms with E-state index in [4.69, 9.17) is 0 Å². The Bertz CT molecular complexity index is 1620. The van der Waals surface area contributed by atoms with Gasteiger partial charge in [0, 0.05) is 36.7 Å². The summed E-state index contributed by atoms with van der Waals surface area (Å²) in [5.74, 6) is -2.94. The van der Waals surface area contributed by atoms with Crippen LogP contribution in [0.4, 0.5) is 5.69 Å². The van der Waals surface area contributed by atoms with Crippen LogP contribution in [0.25, 0.3) is 10.8 Å². The highest BCUT2D eigenvalue weighted by Crippen LogP contribution is 2.21. The van der Waals surface area contributed by atoms with Gasteiger partial charge in [-0.15, -0.1) is 0 Å². The normalized spacial score (nSPS) is 11.9. The Balaban J connectivity index is 1.53. The summed E-state index contributed by atoms with van der Waals surface area (Å²) >= 11 is 0. The second-order valence-electron chi connectivity index (χ2n) is 9.13. The van der Waals surface area contributed by atoms with E-state index in [1.165, 1.54) is 29.4 Å². The summed E-state index contributed by atoms with van der Waals surface area (Å²) < 4.78 is 28.4. The molecule has 1 unspecified atom stereocenters. The number of carbonyl (C=O) groups excluding carboxylic acids is 3. The fourth-order valence-corrected chi connectivity index (χ4v) is 5.37. The molecule has 0 aliphatic carbocycles. The number of aromatic nitrogens is 1. The van der Waals surface area contributed by atoms with Crippen molar-refractivity contribution in [3.8, 4) is 0 Å². The van der Waals surface area contributed by atoms with Gasteiger partial charge in [0.05, 0.1) is 4.90 Å². The minimum absolute atomic E-state index is 0.0208. The lowest BCUT2D eigenvalue weighted by Crippen LogP contribution is -2.46. The lowest BCUT2D eigenvalue weighted by Gasteiger charge is -2.24. The highest BCUT2D eigenvalue weighted by atomic mass is 32.2. The molecule has 9 nitrogen and oxygen atoms in total. The van der Waals surface area contributed by atoms with Gasteiger partial charge in [-0.1, -0.05) is 42.5 Å². The molecule has 0 aliphatic rings. The molecule has 3 amide bonds. The van der Waals surface area contributed by atoms with Crippen LogP contribution in [0.1, 0.15) is 29.8 Å². The zero-order valence-corrected chi connectivity index (χ0v) is 23.0. The topological polar surface area (TPSA) is 126 Å². The van der Waals surface area contributed by atoms with Gasteiger partial charge in [0.1, 0.15) is 5.92 Å². The molecule has 4 rings (SSSR count). The number of carbonyl (C=O) groups is 3. The maximum atomic E-state index is 13.3. The molecule has 2 N–H and O–H groups in total. The smallest absolute Gasteiger partial charge is 0.264 e. The van der Waals surface area contributed by atoms with Crippen molar-refractivity contribution in [1.82, 2.24) is 14.6 Å². The van der Waals surface area contributed by atoms with E-state index >= 15 is 0 Å². The van der Waals surface area contributed by atoms with Gasteiger partial charge in [-0.25, -0.2) is 13.1 Å². The molecule has 0 radical (unpaired) electrons. The van der Waals surface area contributed by atoms with E-state index in [0.717, 1.165) is 5.39 Å². The molecule has 0 bridgehead atoms. The van der Waals surface area contributed by atoms with E-state index in [0.29, 0.717) is 35.3 Å². The molecule has 0 saturated carbocycles. The van der Waals surface area contributed by atoms with Crippen LogP contribution in [-0.4, -0.2) is 49.1 Å².